The maximum Gasteiger partial charge on any atom is 0.505 e. The van der Waals surface area contributed by atoms with Crippen LogP contribution in [0.2, 0.25) is 6.04 Å². The Labute approximate surface area is 108 Å². The zero-order valence-corrected chi connectivity index (χ0v) is 12.9. The van der Waals surface area contributed by atoms with Crippen molar-refractivity contribution in [1.82, 2.24) is 0 Å². The summed E-state index contributed by atoms with van der Waals surface area (Å²) in [6, 6.07) is 0.729. The lowest BCUT2D eigenvalue weighted by atomic mass is 10.4. The molecule has 0 aromatic heterocycles. The minimum atomic E-state index is -2.52. The van der Waals surface area contributed by atoms with Gasteiger partial charge < -0.3 is 13.3 Å². The van der Waals surface area contributed by atoms with E-state index >= 15 is 0 Å². The first-order valence-corrected chi connectivity index (χ1v) is 8.59. The zero-order valence-electron chi connectivity index (χ0n) is 11.9. The maximum atomic E-state index is 5.93. The van der Waals surface area contributed by atoms with E-state index in [9.17, 15) is 0 Å². The molecular weight excluding hydrogens is 232 g/mol. The second kappa shape index (κ2) is 9.83. The Morgan fingerprint density at radius 3 is 1.47 bits per heavy atom. The average molecular weight is 260 g/mol. The maximum absolute atomic E-state index is 5.93. The molecule has 0 atom stereocenters. The van der Waals surface area contributed by atoms with Crippen LogP contribution in [-0.2, 0) is 13.3 Å². The predicted octanol–water partition coefficient (Wildman–Crippen LogP) is 3.78. The van der Waals surface area contributed by atoms with Gasteiger partial charge in [-0.05, 0) is 26.2 Å². The Hall–Kier alpha value is -0.163. The van der Waals surface area contributed by atoms with Crippen LogP contribution in [0.5, 0.6) is 0 Å². The second-order valence-corrected chi connectivity index (χ2v) is 6.95. The van der Waals surface area contributed by atoms with Gasteiger partial charge in [-0.25, -0.2) is 0 Å². The highest BCUT2D eigenvalue weighted by molar-refractivity contribution is 6.61. The van der Waals surface area contributed by atoms with E-state index in [-0.39, 0.29) is 0 Å². The van der Waals surface area contributed by atoms with Gasteiger partial charge in [-0.3, -0.25) is 0 Å². The van der Waals surface area contributed by atoms with E-state index in [2.05, 4.69) is 27.4 Å². The van der Waals surface area contributed by atoms with Crippen molar-refractivity contribution in [2.45, 2.75) is 53.0 Å². The van der Waals surface area contributed by atoms with Crippen LogP contribution in [0.4, 0.5) is 0 Å². The summed E-state index contributed by atoms with van der Waals surface area (Å²) in [5, 5.41) is 0. The molecule has 0 unspecified atom stereocenters. The third-order valence-corrected chi connectivity index (χ3v) is 5.06. The van der Waals surface area contributed by atoms with E-state index < -0.39 is 8.80 Å². The standard InChI is InChI=1S/C13H28O3Si/c1-6-9-14-17(12-13(4)5,15-10-7-2)16-11-8-3/h4,6-12H2,1-3,5H3. The van der Waals surface area contributed by atoms with Gasteiger partial charge in [-0.15, -0.1) is 6.58 Å². The smallest absolute Gasteiger partial charge is 0.373 e. The Balaban J connectivity index is 4.56. The first-order chi connectivity index (χ1) is 8.10. The topological polar surface area (TPSA) is 27.7 Å². The molecule has 102 valence electrons. The normalized spacial score (nSPS) is 11.8. The quantitative estimate of drug-likeness (QED) is 0.418. The van der Waals surface area contributed by atoms with Gasteiger partial charge in [0.25, 0.3) is 0 Å². The number of allylic oxidation sites excluding steroid dienone is 1. The van der Waals surface area contributed by atoms with Crippen molar-refractivity contribution in [3.63, 3.8) is 0 Å². The zero-order chi connectivity index (χ0) is 13.1. The Morgan fingerprint density at radius 2 is 1.24 bits per heavy atom. The summed E-state index contributed by atoms with van der Waals surface area (Å²) < 4.78 is 17.8. The van der Waals surface area contributed by atoms with E-state index in [1.54, 1.807) is 0 Å². The number of hydrogen-bond donors (Lipinski definition) is 0. The molecule has 0 N–H and O–H groups in total. The molecule has 0 rings (SSSR count). The summed E-state index contributed by atoms with van der Waals surface area (Å²) in [6.45, 7) is 14.4. The average Bonchev–Trinajstić information content (AvgIpc) is 2.30. The second-order valence-electron chi connectivity index (χ2n) is 4.36. The van der Waals surface area contributed by atoms with Gasteiger partial charge in [0.05, 0.1) is 0 Å². The highest BCUT2D eigenvalue weighted by Gasteiger charge is 2.40. The molecule has 0 saturated carbocycles. The molecule has 0 aromatic rings. The highest BCUT2D eigenvalue weighted by atomic mass is 28.4. The molecule has 3 nitrogen and oxygen atoms in total. The molecule has 0 amide bonds. The third-order valence-electron chi connectivity index (χ3n) is 2.10. The van der Waals surface area contributed by atoms with E-state index in [1.165, 1.54) is 0 Å². The molecule has 0 saturated heterocycles. The van der Waals surface area contributed by atoms with Gasteiger partial charge in [0.15, 0.2) is 0 Å². The van der Waals surface area contributed by atoms with E-state index in [0.717, 1.165) is 30.9 Å². The Bertz CT molecular complexity index is 185. The molecule has 0 fully saturated rings. The fraction of sp³-hybridized carbons (Fsp3) is 0.846. The molecule has 0 aliphatic heterocycles. The summed E-state index contributed by atoms with van der Waals surface area (Å²) in [5.41, 5.74) is 1.07. The van der Waals surface area contributed by atoms with Gasteiger partial charge >= 0.3 is 8.80 Å². The van der Waals surface area contributed by atoms with Crippen LogP contribution >= 0.6 is 0 Å². The summed E-state index contributed by atoms with van der Waals surface area (Å²) in [5.74, 6) is 0. The lowest BCUT2D eigenvalue weighted by Gasteiger charge is -2.29. The van der Waals surface area contributed by atoms with E-state index in [0.29, 0.717) is 19.8 Å². The molecule has 0 radical (unpaired) electrons. The lowest BCUT2D eigenvalue weighted by molar-refractivity contribution is 0.0614. The van der Waals surface area contributed by atoms with Gasteiger partial charge in [0.2, 0.25) is 0 Å². The third kappa shape index (κ3) is 7.71. The first-order valence-electron chi connectivity index (χ1n) is 6.66. The molecule has 0 aliphatic carbocycles. The molecule has 4 heteroatoms. The highest BCUT2D eigenvalue weighted by Crippen LogP contribution is 2.21. The molecule has 0 aliphatic rings. The van der Waals surface area contributed by atoms with Crippen molar-refractivity contribution in [3.8, 4) is 0 Å². The fourth-order valence-electron chi connectivity index (χ4n) is 1.42. The molecule has 0 heterocycles. The molecular formula is C13H28O3Si. The van der Waals surface area contributed by atoms with Crippen molar-refractivity contribution in [3.05, 3.63) is 12.2 Å². The van der Waals surface area contributed by atoms with Crippen LogP contribution in [-0.4, -0.2) is 28.6 Å². The van der Waals surface area contributed by atoms with Gasteiger partial charge in [0, 0.05) is 25.9 Å². The summed E-state index contributed by atoms with van der Waals surface area (Å²) in [6.07, 6.45) is 2.95. The van der Waals surface area contributed by atoms with Crippen molar-refractivity contribution in [2.75, 3.05) is 19.8 Å². The van der Waals surface area contributed by atoms with Crippen LogP contribution < -0.4 is 0 Å². The van der Waals surface area contributed by atoms with Crippen LogP contribution in [0.3, 0.4) is 0 Å². The van der Waals surface area contributed by atoms with Crippen molar-refractivity contribution in [1.29, 1.82) is 0 Å². The summed E-state index contributed by atoms with van der Waals surface area (Å²) >= 11 is 0. The van der Waals surface area contributed by atoms with Crippen molar-refractivity contribution >= 4 is 8.80 Å². The molecule has 0 bridgehead atoms. The van der Waals surface area contributed by atoms with E-state index in [1.807, 2.05) is 6.92 Å². The van der Waals surface area contributed by atoms with Crippen LogP contribution in [0.25, 0.3) is 0 Å². The van der Waals surface area contributed by atoms with Gasteiger partial charge in [-0.1, -0.05) is 26.3 Å². The first kappa shape index (κ1) is 16.8. The summed E-state index contributed by atoms with van der Waals surface area (Å²) in [7, 11) is -2.52. The SMILES string of the molecule is C=C(C)C[Si](OCCC)(OCCC)OCCC. The Kier molecular flexibility index (Phi) is 9.73. The molecule has 17 heavy (non-hydrogen) atoms. The molecule has 0 aromatic carbocycles. The Morgan fingerprint density at radius 1 is 0.882 bits per heavy atom. The lowest BCUT2D eigenvalue weighted by Crippen LogP contribution is -2.46. The van der Waals surface area contributed by atoms with Crippen molar-refractivity contribution < 1.29 is 13.3 Å². The van der Waals surface area contributed by atoms with Gasteiger partial charge in [-0.2, -0.15) is 0 Å². The minimum Gasteiger partial charge on any atom is -0.373 e. The van der Waals surface area contributed by atoms with Crippen LogP contribution in [0, 0.1) is 0 Å². The van der Waals surface area contributed by atoms with E-state index in [4.69, 9.17) is 13.3 Å². The summed E-state index contributed by atoms with van der Waals surface area (Å²) in [4.78, 5) is 0. The van der Waals surface area contributed by atoms with Crippen LogP contribution in [0.15, 0.2) is 12.2 Å². The van der Waals surface area contributed by atoms with Gasteiger partial charge in [0.1, 0.15) is 0 Å². The van der Waals surface area contributed by atoms with Crippen LogP contribution in [0.1, 0.15) is 47.0 Å². The monoisotopic (exact) mass is 260 g/mol. The molecule has 0 spiro atoms. The van der Waals surface area contributed by atoms with Crippen molar-refractivity contribution in [2.24, 2.45) is 0 Å². The minimum absolute atomic E-state index is 0.701. The predicted molar refractivity (Wildman–Crippen MR) is 74.1 cm³/mol. The fourth-order valence-corrected chi connectivity index (χ4v) is 4.26. The number of hydrogen-bond acceptors (Lipinski definition) is 3. The largest absolute Gasteiger partial charge is 0.505 e. The number of rotatable bonds is 11.